The van der Waals surface area contributed by atoms with Crippen LogP contribution < -0.4 is 15.4 Å². The number of nitrogens with zero attached hydrogens (tertiary/aromatic N) is 3. The molecule has 0 atom stereocenters. The van der Waals surface area contributed by atoms with E-state index in [1.54, 1.807) is 35.3 Å². The number of urea groups is 1. The molecule has 0 unspecified atom stereocenters. The fourth-order valence-corrected chi connectivity index (χ4v) is 2.68. The third kappa shape index (κ3) is 4.12. The number of anilines is 1. The van der Waals surface area contributed by atoms with Crippen molar-refractivity contribution in [3.05, 3.63) is 59.5 Å². The number of benzene rings is 1. The fraction of sp³-hybridized carbons (Fsp3) is 0.167. The molecule has 0 saturated carbocycles. The molecule has 0 radical (unpaired) electrons. The molecule has 0 bridgehead atoms. The standard InChI is InChI=1S/C18H18ClN5O2/c1-24-11-13(10-22-24)17-12(4-3-7-20-17)9-21-18(25)23-15-8-14(19)5-6-16(15)26-2/h3-8,10-11H,9H2,1-2H3,(H2,21,23,25). The predicted octanol–water partition coefficient (Wildman–Crippen LogP) is 3.47. The highest BCUT2D eigenvalue weighted by molar-refractivity contribution is 6.31. The Morgan fingerprint density at radius 1 is 1.35 bits per heavy atom. The number of halogens is 1. The normalized spacial score (nSPS) is 10.4. The van der Waals surface area contributed by atoms with Crippen molar-refractivity contribution >= 4 is 23.3 Å². The summed E-state index contributed by atoms with van der Waals surface area (Å²) in [6.45, 7) is 0.312. The summed E-state index contributed by atoms with van der Waals surface area (Å²) in [6.07, 6.45) is 5.33. The largest absolute Gasteiger partial charge is 0.495 e. The molecule has 3 aromatic rings. The number of pyridine rings is 1. The summed E-state index contributed by atoms with van der Waals surface area (Å²) in [5.74, 6) is 0.530. The first-order valence-electron chi connectivity index (χ1n) is 7.88. The molecule has 0 fully saturated rings. The first-order valence-corrected chi connectivity index (χ1v) is 8.26. The van der Waals surface area contributed by atoms with E-state index in [-0.39, 0.29) is 6.03 Å². The highest BCUT2D eigenvalue weighted by Gasteiger charge is 2.11. The fourth-order valence-electron chi connectivity index (χ4n) is 2.50. The minimum absolute atomic E-state index is 0.312. The van der Waals surface area contributed by atoms with Crippen LogP contribution in [0.2, 0.25) is 5.02 Å². The van der Waals surface area contributed by atoms with Crippen LogP contribution >= 0.6 is 11.6 Å². The lowest BCUT2D eigenvalue weighted by Gasteiger charge is -2.12. The van der Waals surface area contributed by atoms with Gasteiger partial charge in [-0.2, -0.15) is 5.10 Å². The molecule has 2 N–H and O–H groups in total. The smallest absolute Gasteiger partial charge is 0.319 e. The zero-order chi connectivity index (χ0) is 18.5. The topological polar surface area (TPSA) is 81.1 Å². The molecule has 2 amide bonds. The van der Waals surface area contributed by atoms with E-state index < -0.39 is 0 Å². The van der Waals surface area contributed by atoms with Crippen molar-refractivity contribution in [1.29, 1.82) is 0 Å². The molecule has 2 heterocycles. The van der Waals surface area contributed by atoms with Crippen LogP contribution in [0.3, 0.4) is 0 Å². The summed E-state index contributed by atoms with van der Waals surface area (Å²) in [6, 6.07) is 8.39. The number of nitrogens with one attached hydrogen (secondary N) is 2. The van der Waals surface area contributed by atoms with Gasteiger partial charge in [-0.3, -0.25) is 9.67 Å². The van der Waals surface area contributed by atoms with Crippen LogP contribution in [0.4, 0.5) is 10.5 Å². The van der Waals surface area contributed by atoms with E-state index >= 15 is 0 Å². The van der Waals surface area contributed by atoms with Crippen LogP contribution in [-0.4, -0.2) is 27.9 Å². The van der Waals surface area contributed by atoms with Crippen molar-refractivity contribution in [2.24, 2.45) is 7.05 Å². The number of ether oxygens (including phenoxy) is 1. The van der Waals surface area contributed by atoms with Gasteiger partial charge in [0, 0.05) is 36.6 Å². The number of hydrogen-bond acceptors (Lipinski definition) is 4. The second-order valence-electron chi connectivity index (χ2n) is 5.57. The van der Waals surface area contributed by atoms with Crippen LogP contribution in [0.5, 0.6) is 5.75 Å². The van der Waals surface area contributed by atoms with Crippen LogP contribution in [-0.2, 0) is 13.6 Å². The Hall–Kier alpha value is -3.06. The average Bonchev–Trinajstić information content (AvgIpc) is 3.07. The van der Waals surface area contributed by atoms with Crippen LogP contribution in [0.1, 0.15) is 5.56 Å². The zero-order valence-electron chi connectivity index (χ0n) is 14.4. The Bertz CT molecular complexity index is 925. The summed E-state index contributed by atoms with van der Waals surface area (Å²) in [7, 11) is 3.37. The Labute approximate surface area is 156 Å². The van der Waals surface area contributed by atoms with Crippen molar-refractivity contribution in [3.8, 4) is 17.0 Å². The molecule has 7 nitrogen and oxygen atoms in total. The van der Waals surface area contributed by atoms with Gasteiger partial charge in [0.1, 0.15) is 5.75 Å². The van der Waals surface area contributed by atoms with Crippen LogP contribution in [0, 0.1) is 0 Å². The minimum atomic E-state index is -0.369. The molecule has 0 aliphatic heterocycles. The third-order valence-electron chi connectivity index (χ3n) is 3.72. The Morgan fingerprint density at radius 3 is 2.92 bits per heavy atom. The number of carbonyl (C=O) groups excluding carboxylic acids is 1. The van der Waals surface area contributed by atoms with E-state index in [1.807, 2.05) is 25.4 Å². The van der Waals surface area contributed by atoms with Gasteiger partial charge in [0.2, 0.25) is 0 Å². The van der Waals surface area contributed by atoms with Crippen molar-refractivity contribution in [2.45, 2.75) is 6.54 Å². The van der Waals surface area contributed by atoms with Crippen molar-refractivity contribution in [3.63, 3.8) is 0 Å². The van der Waals surface area contributed by atoms with Crippen molar-refractivity contribution in [1.82, 2.24) is 20.1 Å². The first kappa shape index (κ1) is 17.8. The van der Waals surface area contributed by atoms with E-state index in [4.69, 9.17) is 16.3 Å². The van der Waals surface area contributed by atoms with E-state index in [0.29, 0.717) is 23.0 Å². The first-order chi connectivity index (χ1) is 12.6. The number of methoxy groups -OCH3 is 1. The molecule has 2 aromatic heterocycles. The second kappa shape index (κ2) is 7.88. The third-order valence-corrected chi connectivity index (χ3v) is 3.95. The predicted molar refractivity (Wildman–Crippen MR) is 100 cm³/mol. The second-order valence-corrected chi connectivity index (χ2v) is 6.00. The number of amides is 2. The van der Waals surface area contributed by atoms with Gasteiger partial charge < -0.3 is 15.4 Å². The van der Waals surface area contributed by atoms with Crippen molar-refractivity contribution in [2.75, 3.05) is 12.4 Å². The van der Waals surface area contributed by atoms with Crippen LogP contribution in [0.25, 0.3) is 11.3 Å². The van der Waals surface area contributed by atoms with E-state index in [9.17, 15) is 4.79 Å². The molecule has 0 spiro atoms. The van der Waals surface area contributed by atoms with E-state index in [0.717, 1.165) is 16.8 Å². The summed E-state index contributed by atoms with van der Waals surface area (Å²) in [5, 5.41) is 10.2. The molecular formula is C18H18ClN5O2. The lowest BCUT2D eigenvalue weighted by atomic mass is 10.1. The maximum atomic E-state index is 12.3. The highest BCUT2D eigenvalue weighted by atomic mass is 35.5. The number of aromatic nitrogens is 3. The van der Waals surface area contributed by atoms with Crippen molar-refractivity contribution < 1.29 is 9.53 Å². The minimum Gasteiger partial charge on any atom is -0.495 e. The summed E-state index contributed by atoms with van der Waals surface area (Å²) < 4.78 is 6.93. The molecule has 0 aliphatic carbocycles. The zero-order valence-corrected chi connectivity index (χ0v) is 15.1. The molecular weight excluding hydrogens is 354 g/mol. The molecule has 0 aliphatic rings. The molecule has 1 aromatic carbocycles. The molecule has 8 heteroatoms. The lowest BCUT2D eigenvalue weighted by molar-refractivity contribution is 0.251. The van der Waals surface area contributed by atoms with Gasteiger partial charge >= 0.3 is 6.03 Å². The molecule has 3 rings (SSSR count). The van der Waals surface area contributed by atoms with Gasteiger partial charge in [-0.1, -0.05) is 17.7 Å². The number of carbonyl (C=O) groups is 1. The summed E-state index contributed by atoms with van der Waals surface area (Å²) in [5.41, 5.74) is 3.05. The van der Waals surface area contributed by atoms with Gasteiger partial charge in [0.25, 0.3) is 0 Å². The quantitative estimate of drug-likeness (QED) is 0.719. The summed E-state index contributed by atoms with van der Waals surface area (Å²) >= 11 is 5.98. The Balaban J connectivity index is 1.70. The summed E-state index contributed by atoms with van der Waals surface area (Å²) in [4.78, 5) is 16.7. The SMILES string of the molecule is COc1ccc(Cl)cc1NC(=O)NCc1cccnc1-c1cnn(C)c1. The number of rotatable bonds is 5. The molecule has 0 saturated heterocycles. The maximum Gasteiger partial charge on any atom is 0.319 e. The Morgan fingerprint density at radius 2 is 2.19 bits per heavy atom. The number of aryl methyl sites for hydroxylation is 1. The Kier molecular flexibility index (Phi) is 5.38. The maximum absolute atomic E-state index is 12.3. The van der Waals surface area contributed by atoms with E-state index in [2.05, 4.69) is 20.7 Å². The average molecular weight is 372 g/mol. The van der Waals surface area contributed by atoms with Gasteiger partial charge in [0.05, 0.1) is 24.7 Å². The highest BCUT2D eigenvalue weighted by Crippen LogP contribution is 2.27. The van der Waals surface area contributed by atoms with Gasteiger partial charge in [-0.25, -0.2) is 4.79 Å². The van der Waals surface area contributed by atoms with Crippen LogP contribution in [0.15, 0.2) is 48.9 Å². The van der Waals surface area contributed by atoms with Gasteiger partial charge in [-0.15, -0.1) is 0 Å². The van der Waals surface area contributed by atoms with E-state index in [1.165, 1.54) is 7.11 Å². The lowest BCUT2D eigenvalue weighted by Crippen LogP contribution is -2.28. The van der Waals surface area contributed by atoms with Gasteiger partial charge in [-0.05, 0) is 29.8 Å². The number of hydrogen-bond donors (Lipinski definition) is 2. The monoisotopic (exact) mass is 371 g/mol. The van der Waals surface area contributed by atoms with Gasteiger partial charge in [0.15, 0.2) is 0 Å². The molecule has 26 heavy (non-hydrogen) atoms. The molecule has 134 valence electrons.